The van der Waals surface area contributed by atoms with E-state index in [0.717, 1.165) is 0 Å². The number of nitrogens with two attached hydrogens (primary N) is 2. The number of azo groups is 2. The van der Waals surface area contributed by atoms with Crippen molar-refractivity contribution in [2.45, 2.75) is 13.8 Å². The number of aldehydes is 1. The Bertz CT molecular complexity index is 2710. The summed E-state index contributed by atoms with van der Waals surface area (Å²) in [6, 6.07) is 11.8. The van der Waals surface area contributed by atoms with Gasteiger partial charge < -0.3 is 16.2 Å². The van der Waals surface area contributed by atoms with Gasteiger partial charge in [0.2, 0.25) is 5.78 Å². The van der Waals surface area contributed by atoms with Gasteiger partial charge in [-0.1, -0.05) is 12.1 Å². The van der Waals surface area contributed by atoms with Crippen LogP contribution in [0.4, 0.5) is 34.6 Å². The number of Topliss-reactive ketones (excluding diaryl/α,β-unsaturated/α-hetero) is 1. The summed E-state index contributed by atoms with van der Waals surface area (Å²) in [7, 11) is 4.41. The third-order valence-corrected chi connectivity index (χ3v) is 8.28. The smallest absolute Gasteiger partial charge is 0.344 e. The summed E-state index contributed by atoms with van der Waals surface area (Å²) in [5.74, 6) is -0.834. The van der Waals surface area contributed by atoms with Crippen LogP contribution in [0.5, 0.6) is 0 Å². The number of hydrogen-bond acceptors (Lipinski definition) is 18. The summed E-state index contributed by atoms with van der Waals surface area (Å²) in [6.07, 6.45) is 4.56. The van der Waals surface area contributed by atoms with Crippen molar-refractivity contribution in [3.8, 4) is 34.4 Å². The topological polar surface area (TPSA) is 285 Å². The van der Waals surface area contributed by atoms with E-state index in [1.165, 1.54) is 44.4 Å². The van der Waals surface area contributed by atoms with Gasteiger partial charge in [-0.05, 0) is 38.1 Å². The number of aryl methyl sites for hydroxylation is 4. The van der Waals surface area contributed by atoms with E-state index in [0.29, 0.717) is 22.8 Å². The normalized spacial score (nSPS) is 11.5. The first kappa shape index (κ1) is 36.2. The van der Waals surface area contributed by atoms with Crippen molar-refractivity contribution in [1.82, 2.24) is 59.1 Å². The van der Waals surface area contributed by atoms with Crippen LogP contribution in [0, 0.1) is 13.8 Å². The molecule has 7 rings (SSSR count). The van der Waals surface area contributed by atoms with Gasteiger partial charge >= 0.3 is 5.97 Å². The van der Waals surface area contributed by atoms with Crippen LogP contribution < -0.4 is 11.5 Å². The molecule has 0 atom stereocenters. The average molecular weight is 755 g/mol. The molecule has 22 heteroatoms. The first-order valence-electron chi connectivity index (χ1n) is 16.4. The molecule has 7 aromatic heterocycles. The molecular formula is C34H30N18O4. The highest BCUT2D eigenvalue weighted by atomic mass is 16.5. The second-order valence-electron chi connectivity index (χ2n) is 11.8. The molecule has 0 fully saturated rings. The molecule has 0 unspecified atom stereocenters. The maximum absolute atomic E-state index is 12.9. The lowest BCUT2D eigenvalue weighted by Crippen LogP contribution is -2.09. The minimum atomic E-state index is -0.850. The van der Waals surface area contributed by atoms with Crippen LogP contribution in [0.25, 0.3) is 34.4 Å². The Hall–Kier alpha value is -8.17. The molecule has 0 saturated carbocycles. The Morgan fingerprint density at radius 2 is 1.18 bits per heavy atom. The monoisotopic (exact) mass is 754 g/mol. The van der Waals surface area contributed by atoms with E-state index in [-0.39, 0.29) is 75.1 Å². The molecule has 0 amide bonds. The second-order valence-corrected chi connectivity index (χ2v) is 11.8. The quantitative estimate of drug-likeness (QED) is 0.0615. The number of nitrogens with zero attached hydrogens (tertiary/aromatic N) is 16. The zero-order valence-electron chi connectivity index (χ0n) is 30.3. The van der Waals surface area contributed by atoms with Gasteiger partial charge in [-0.25, -0.2) is 24.1 Å². The highest BCUT2D eigenvalue weighted by Crippen LogP contribution is 2.36. The van der Waals surface area contributed by atoms with E-state index < -0.39 is 11.8 Å². The number of carbonyl (C=O) groups is 3. The Morgan fingerprint density at radius 3 is 1.62 bits per heavy atom. The molecule has 56 heavy (non-hydrogen) atoms. The molecule has 280 valence electrons. The van der Waals surface area contributed by atoms with E-state index in [1.54, 1.807) is 70.5 Å². The molecule has 0 spiro atoms. The summed E-state index contributed by atoms with van der Waals surface area (Å²) >= 11 is 0. The maximum atomic E-state index is 12.9. The van der Waals surface area contributed by atoms with Crippen LogP contribution in [0.2, 0.25) is 0 Å². The number of carbonyl (C=O) groups excluding carboxylic acids is 3. The highest BCUT2D eigenvalue weighted by Gasteiger charge is 2.27. The fourth-order valence-corrected chi connectivity index (χ4v) is 5.63. The molecule has 0 aromatic carbocycles. The third kappa shape index (κ3) is 6.41. The lowest BCUT2D eigenvalue weighted by molar-refractivity contribution is -0.104. The Labute approximate surface area is 315 Å². The summed E-state index contributed by atoms with van der Waals surface area (Å²) < 4.78 is 10.4. The summed E-state index contributed by atoms with van der Waals surface area (Å²) in [5.41, 5.74) is 15.4. The van der Waals surface area contributed by atoms with E-state index in [1.807, 2.05) is 0 Å². The number of ether oxygens (including phenoxy) is 1. The van der Waals surface area contributed by atoms with Crippen molar-refractivity contribution in [2.24, 2.45) is 34.6 Å². The van der Waals surface area contributed by atoms with Gasteiger partial charge in [0, 0.05) is 32.6 Å². The molecule has 0 saturated heterocycles. The van der Waals surface area contributed by atoms with Crippen LogP contribution in [-0.4, -0.2) is 84.2 Å². The zero-order valence-corrected chi connectivity index (χ0v) is 30.3. The molecular weight excluding hydrogens is 724 g/mol. The fraction of sp³-hybridized carbons (Fsp3) is 0.147. The van der Waals surface area contributed by atoms with Gasteiger partial charge in [-0.15, -0.1) is 20.5 Å². The Morgan fingerprint density at radius 1 is 0.696 bits per heavy atom. The molecule has 0 radical (unpaired) electrons. The number of nitrogen functional groups attached to an aromatic ring is 2. The van der Waals surface area contributed by atoms with Gasteiger partial charge in [0.25, 0.3) is 0 Å². The average Bonchev–Trinajstić information content (AvgIpc) is 3.91. The van der Waals surface area contributed by atoms with Crippen LogP contribution in [0.3, 0.4) is 0 Å². The van der Waals surface area contributed by atoms with E-state index in [4.69, 9.17) is 16.2 Å². The number of anilines is 2. The molecule has 22 nitrogen and oxygen atoms in total. The van der Waals surface area contributed by atoms with E-state index in [9.17, 15) is 14.4 Å². The third-order valence-electron chi connectivity index (χ3n) is 8.28. The second kappa shape index (κ2) is 14.7. The molecule has 7 aromatic rings. The van der Waals surface area contributed by atoms with E-state index >= 15 is 0 Å². The van der Waals surface area contributed by atoms with Crippen LogP contribution in [0.15, 0.2) is 81.6 Å². The van der Waals surface area contributed by atoms with Gasteiger partial charge in [-0.2, -0.15) is 29.8 Å². The fourth-order valence-electron chi connectivity index (χ4n) is 5.63. The zero-order chi connectivity index (χ0) is 39.7. The van der Waals surface area contributed by atoms with Crippen molar-refractivity contribution >= 4 is 52.7 Å². The van der Waals surface area contributed by atoms with Crippen molar-refractivity contribution in [3.05, 3.63) is 83.7 Å². The molecule has 0 bridgehead atoms. The van der Waals surface area contributed by atoms with Crippen molar-refractivity contribution in [2.75, 3.05) is 18.6 Å². The molecule has 4 N–H and O–H groups in total. The SMILES string of the molecule is COC(=O)c1c(-c2ccccn2)nn(C)c1N=Nc1c(C)nn(-c2cc(-n3nc(C)c(N=Nc4c(C(=O)C=O)c(-c5ccccn5)nn4C)c3N)ncn2)c1N. The number of methoxy groups -OCH3 is 1. The molecule has 0 aliphatic carbocycles. The van der Waals surface area contributed by atoms with Gasteiger partial charge in [0.1, 0.15) is 28.8 Å². The molecule has 0 aliphatic heterocycles. The summed E-state index contributed by atoms with van der Waals surface area (Å²) in [6.45, 7) is 3.33. The highest BCUT2D eigenvalue weighted by molar-refractivity contribution is 6.36. The standard InChI is InChI=1S/C34H30N18O4/c1-17-26(41-43-32-24(21(54)15-53)28(47-49(32)3)19-10-6-8-12-37-19)30(35)51(45-17)22-14-23(40-16-39-22)52-31(36)27(18(2)46-52)42-44-33-25(34(55)56-5)29(48-50(33)4)20-11-7-9-13-38-20/h6-16H,35-36H2,1-5H3. The number of rotatable bonds is 11. The molecule has 7 heterocycles. The van der Waals surface area contributed by atoms with Crippen LogP contribution in [-0.2, 0) is 23.6 Å². The van der Waals surface area contributed by atoms with Gasteiger partial charge in [-0.3, -0.25) is 19.6 Å². The Kier molecular flexibility index (Phi) is 9.50. The van der Waals surface area contributed by atoms with Crippen molar-refractivity contribution in [3.63, 3.8) is 0 Å². The number of pyridine rings is 2. The number of ketones is 1. The van der Waals surface area contributed by atoms with Gasteiger partial charge in [0.15, 0.2) is 52.6 Å². The Balaban J connectivity index is 1.21. The van der Waals surface area contributed by atoms with Crippen LogP contribution >= 0.6 is 0 Å². The lowest BCUT2D eigenvalue weighted by Gasteiger charge is -2.06. The first-order chi connectivity index (χ1) is 27.0. The minimum Gasteiger partial charge on any atom is -0.465 e. The summed E-state index contributed by atoms with van der Waals surface area (Å²) in [5, 5.41) is 35.0. The van der Waals surface area contributed by atoms with Crippen molar-refractivity contribution < 1.29 is 19.1 Å². The molecule has 0 aliphatic rings. The first-order valence-corrected chi connectivity index (χ1v) is 16.4. The van der Waals surface area contributed by atoms with E-state index in [2.05, 4.69) is 60.8 Å². The van der Waals surface area contributed by atoms with Gasteiger partial charge in [0.05, 0.1) is 29.9 Å². The number of hydrogen-bond donors (Lipinski definition) is 2. The summed E-state index contributed by atoms with van der Waals surface area (Å²) in [4.78, 5) is 54.4. The number of esters is 1. The van der Waals surface area contributed by atoms with Crippen molar-refractivity contribution in [1.29, 1.82) is 0 Å². The predicted octanol–water partition coefficient (Wildman–Crippen LogP) is 4.22. The number of aromatic nitrogens is 12. The predicted molar refractivity (Wildman–Crippen MR) is 198 cm³/mol. The minimum absolute atomic E-state index is 0.00895. The maximum Gasteiger partial charge on any atom is 0.344 e. The largest absolute Gasteiger partial charge is 0.465 e. The lowest BCUT2D eigenvalue weighted by atomic mass is 10.1. The van der Waals surface area contributed by atoms with Crippen LogP contribution in [0.1, 0.15) is 32.1 Å².